The maximum Gasteiger partial charge on any atom is 0.0561 e. The summed E-state index contributed by atoms with van der Waals surface area (Å²) in [5.41, 5.74) is 22.4. The molecule has 0 atom stereocenters. The first-order valence-electron chi connectivity index (χ1n) is 19.4. The summed E-state index contributed by atoms with van der Waals surface area (Å²) in [6.07, 6.45) is 0. The van der Waals surface area contributed by atoms with Crippen LogP contribution in [0.3, 0.4) is 0 Å². The van der Waals surface area contributed by atoms with Crippen LogP contribution in [0.25, 0.3) is 94.3 Å². The normalized spacial score (nSPS) is 11.9. The van der Waals surface area contributed by atoms with Crippen LogP contribution in [0.15, 0.2) is 206 Å². The van der Waals surface area contributed by atoms with E-state index in [9.17, 15) is 0 Å². The summed E-state index contributed by atoms with van der Waals surface area (Å²) < 4.78 is 2.39. The molecule has 260 valence electrons. The van der Waals surface area contributed by atoms with Crippen molar-refractivity contribution in [2.24, 2.45) is 0 Å². The second-order valence-corrected chi connectivity index (χ2v) is 14.9. The van der Waals surface area contributed by atoms with Crippen LogP contribution in [0.2, 0.25) is 0 Å². The van der Waals surface area contributed by atoms with Gasteiger partial charge in [-0.05, 0) is 127 Å². The van der Waals surface area contributed by atoms with Crippen LogP contribution < -0.4 is 4.90 Å². The van der Waals surface area contributed by atoms with E-state index in [2.05, 4.69) is 216 Å². The Morgan fingerprint density at radius 2 is 0.804 bits per heavy atom. The van der Waals surface area contributed by atoms with Gasteiger partial charge in [-0.15, -0.1) is 0 Å². The highest BCUT2D eigenvalue weighted by atomic mass is 15.1. The van der Waals surface area contributed by atoms with Crippen LogP contribution in [0.5, 0.6) is 0 Å². The Kier molecular flexibility index (Phi) is 6.66. The zero-order valence-corrected chi connectivity index (χ0v) is 30.5. The molecule has 0 fully saturated rings. The number of benzene rings is 9. The number of nitrogens with zero attached hydrogens (tertiary/aromatic N) is 2. The molecule has 10 aromatic rings. The molecule has 2 heteroatoms. The zero-order valence-electron chi connectivity index (χ0n) is 30.5. The Labute approximate surface area is 325 Å². The number of aromatic nitrogens is 1. The molecule has 2 aliphatic rings. The standard InChI is InChI=1S/C54H34N2/c1-3-13-37(14-4-1)55(40-30-32-44-43-18-9-10-24-51(43)56(52(44)34-40)38-15-5-2-6-16-38)39-28-25-35(26-29-39)36-27-31-42-47-21-12-22-48-49-23-11-20-46(54(49)50(42)33-36)41-17-7-8-19-45(41)53(47)48/h1-34H. The molecule has 1 aromatic heterocycles. The minimum atomic E-state index is 1.11. The van der Waals surface area contributed by atoms with Crippen molar-refractivity contribution in [2.45, 2.75) is 0 Å². The smallest absolute Gasteiger partial charge is 0.0561 e. The van der Waals surface area contributed by atoms with Crippen LogP contribution in [0.4, 0.5) is 17.1 Å². The van der Waals surface area contributed by atoms with E-state index in [1.165, 1.54) is 88.6 Å². The van der Waals surface area contributed by atoms with Gasteiger partial charge in [0.15, 0.2) is 0 Å². The first kappa shape index (κ1) is 31.0. The molecule has 0 saturated heterocycles. The number of anilines is 3. The molecule has 6 bridgehead atoms. The lowest BCUT2D eigenvalue weighted by molar-refractivity contribution is 1.18. The number of hydrogen-bond acceptors (Lipinski definition) is 1. The lowest BCUT2D eigenvalue weighted by atomic mass is 9.83. The topological polar surface area (TPSA) is 8.17 Å². The number of hydrogen-bond donors (Lipinski definition) is 0. The van der Waals surface area contributed by atoms with Crippen molar-refractivity contribution in [3.05, 3.63) is 206 Å². The molecule has 0 spiro atoms. The van der Waals surface area contributed by atoms with Gasteiger partial charge in [-0.25, -0.2) is 0 Å². The molecule has 2 nitrogen and oxygen atoms in total. The van der Waals surface area contributed by atoms with Crippen LogP contribution >= 0.6 is 0 Å². The second-order valence-electron chi connectivity index (χ2n) is 14.9. The third-order valence-corrected chi connectivity index (χ3v) is 11.9. The Hall–Kier alpha value is -7.42. The Morgan fingerprint density at radius 1 is 0.286 bits per heavy atom. The number of fused-ring (bicyclic) bond motifs is 7. The first-order valence-corrected chi connectivity index (χ1v) is 19.4. The average molecular weight is 711 g/mol. The van der Waals surface area contributed by atoms with E-state index in [4.69, 9.17) is 0 Å². The summed E-state index contributed by atoms with van der Waals surface area (Å²) in [5.74, 6) is 0. The monoisotopic (exact) mass is 710 g/mol. The van der Waals surface area contributed by atoms with Gasteiger partial charge in [-0.3, -0.25) is 0 Å². The molecule has 2 aliphatic carbocycles. The molecular weight excluding hydrogens is 677 g/mol. The van der Waals surface area contributed by atoms with E-state index >= 15 is 0 Å². The maximum atomic E-state index is 2.42. The third kappa shape index (κ3) is 4.50. The van der Waals surface area contributed by atoms with Crippen molar-refractivity contribution in [3.63, 3.8) is 0 Å². The predicted octanol–water partition coefficient (Wildman–Crippen LogP) is 14.9. The van der Waals surface area contributed by atoms with Crippen molar-refractivity contribution in [3.8, 4) is 72.4 Å². The van der Waals surface area contributed by atoms with Crippen LogP contribution in [0, 0.1) is 0 Å². The highest BCUT2D eigenvalue weighted by molar-refractivity contribution is 6.15. The van der Waals surface area contributed by atoms with Crippen molar-refractivity contribution >= 4 is 38.9 Å². The molecule has 12 rings (SSSR count). The van der Waals surface area contributed by atoms with E-state index in [0.717, 1.165) is 22.7 Å². The minimum Gasteiger partial charge on any atom is -0.310 e. The van der Waals surface area contributed by atoms with Gasteiger partial charge in [0.05, 0.1) is 11.0 Å². The fourth-order valence-electron chi connectivity index (χ4n) is 9.46. The maximum absolute atomic E-state index is 2.42. The van der Waals surface area contributed by atoms with E-state index in [1.54, 1.807) is 0 Å². The van der Waals surface area contributed by atoms with Crippen molar-refractivity contribution in [1.82, 2.24) is 4.57 Å². The number of rotatable bonds is 5. The van der Waals surface area contributed by atoms with E-state index < -0.39 is 0 Å². The third-order valence-electron chi connectivity index (χ3n) is 11.9. The molecule has 0 unspecified atom stereocenters. The summed E-state index contributed by atoms with van der Waals surface area (Å²) in [4.78, 5) is 2.37. The summed E-state index contributed by atoms with van der Waals surface area (Å²) in [6, 6.07) is 75.7. The second kappa shape index (κ2) is 12.0. The molecule has 0 N–H and O–H groups in total. The highest BCUT2D eigenvalue weighted by Crippen LogP contribution is 2.57. The number of para-hydroxylation sites is 3. The minimum absolute atomic E-state index is 1.11. The summed E-state index contributed by atoms with van der Waals surface area (Å²) in [5, 5.41) is 2.49. The van der Waals surface area contributed by atoms with E-state index in [-0.39, 0.29) is 0 Å². The molecule has 9 aromatic carbocycles. The molecule has 0 amide bonds. The molecule has 0 radical (unpaired) electrons. The SMILES string of the molecule is c1ccc(N(c2ccc(-c3ccc4c(c3)-c3c5cccc3-c3cccc-4c3-c3ccccc3-5)cc2)c2ccc3c4ccccc4n(-c4ccccc4)c3c2)cc1. The fraction of sp³-hybridized carbons (Fsp3) is 0. The van der Waals surface area contributed by atoms with Crippen molar-refractivity contribution in [2.75, 3.05) is 4.90 Å². The Bertz CT molecular complexity index is 3150. The van der Waals surface area contributed by atoms with Gasteiger partial charge >= 0.3 is 0 Å². The lowest BCUT2D eigenvalue weighted by Gasteiger charge is -2.26. The summed E-state index contributed by atoms with van der Waals surface area (Å²) in [7, 11) is 0. The van der Waals surface area contributed by atoms with E-state index in [0.29, 0.717) is 0 Å². The first-order chi connectivity index (χ1) is 27.8. The van der Waals surface area contributed by atoms with Gasteiger partial charge in [0.25, 0.3) is 0 Å². The average Bonchev–Trinajstić information content (AvgIpc) is 3.54. The summed E-state index contributed by atoms with van der Waals surface area (Å²) in [6.45, 7) is 0. The zero-order chi connectivity index (χ0) is 36.7. The van der Waals surface area contributed by atoms with Crippen LogP contribution in [0.1, 0.15) is 0 Å². The van der Waals surface area contributed by atoms with Crippen molar-refractivity contribution in [1.29, 1.82) is 0 Å². The quantitative estimate of drug-likeness (QED) is 0.173. The molecule has 0 saturated carbocycles. The Morgan fingerprint density at radius 3 is 1.55 bits per heavy atom. The van der Waals surface area contributed by atoms with Gasteiger partial charge < -0.3 is 9.47 Å². The largest absolute Gasteiger partial charge is 0.310 e. The molecule has 1 heterocycles. The Balaban J connectivity index is 0.995. The van der Waals surface area contributed by atoms with Gasteiger partial charge in [0.2, 0.25) is 0 Å². The highest BCUT2D eigenvalue weighted by Gasteiger charge is 2.30. The van der Waals surface area contributed by atoms with Crippen LogP contribution in [-0.4, -0.2) is 4.57 Å². The van der Waals surface area contributed by atoms with Gasteiger partial charge in [0, 0.05) is 33.5 Å². The molecular formula is C54H34N2. The predicted molar refractivity (Wildman–Crippen MR) is 235 cm³/mol. The summed E-state index contributed by atoms with van der Waals surface area (Å²) >= 11 is 0. The van der Waals surface area contributed by atoms with Gasteiger partial charge in [0.1, 0.15) is 0 Å². The van der Waals surface area contributed by atoms with Crippen LogP contribution in [-0.2, 0) is 0 Å². The molecule has 0 aliphatic heterocycles. The van der Waals surface area contributed by atoms with Gasteiger partial charge in [-0.2, -0.15) is 0 Å². The lowest BCUT2D eigenvalue weighted by Crippen LogP contribution is -2.10. The molecule has 56 heavy (non-hydrogen) atoms. The fourth-order valence-corrected chi connectivity index (χ4v) is 9.46. The van der Waals surface area contributed by atoms with E-state index in [1.807, 2.05) is 0 Å². The van der Waals surface area contributed by atoms with Gasteiger partial charge in [-0.1, -0.05) is 146 Å². The van der Waals surface area contributed by atoms with Crippen molar-refractivity contribution < 1.29 is 0 Å².